The molecule has 7 nitrogen and oxygen atoms in total. The SMILES string of the molecule is CCN(CC)c1nc(NCc2cccc(C(F)(F)F)c2)nc(N2CCOCC2)n1. The summed E-state index contributed by atoms with van der Waals surface area (Å²) < 4.78 is 44.2. The standard InChI is InChI=1S/C19H25F3N6O/c1-3-27(4-2)17-24-16(25-18(26-17)28-8-10-29-11-9-28)23-13-14-6-5-7-15(12-14)19(20,21)22/h5-7,12H,3-4,8-11,13H2,1-2H3,(H,23,24,25,26). The van der Waals surface area contributed by atoms with Crippen molar-refractivity contribution in [1.82, 2.24) is 15.0 Å². The van der Waals surface area contributed by atoms with E-state index in [2.05, 4.69) is 20.3 Å². The minimum atomic E-state index is -4.37. The van der Waals surface area contributed by atoms with E-state index in [1.807, 2.05) is 23.6 Å². The Hall–Kier alpha value is -2.62. The maximum Gasteiger partial charge on any atom is 0.416 e. The Bertz CT molecular complexity index is 807. The van der Waals surface area contributed by atoms with Gasteiger partial charge in [-0.3, -0.25) is 0 Å². The van der Waals surface area contributed by atoms with Crippen LogP contribution in [0, 0.1) is 0 Å². The van der Waals surface area contributed by atoms with Gasteiger partial charge in [0.05, 0.1) is 18.8 Å². The number of aromatic nitrogens is 3. The quantitative estimate of drug-likeness (QED) is 0.752. The Balaban J connectivity index is 1.83. The summed E-state index contributed by atoms with van der Waals surface area (Å²) in [5.74, 6) is 1.41. The third-order valence-corrected chi connectivity index (χ3v) is 4.66. The van der Waals surface area contributed by atoms with E-state index in [1.54, 1.807) is 6.07 Å². The fourth-order valence-corrected chi connectivity index (χ4v) is 3.02. The topological polar surface area (TPSA) is 66.4 Å². The van der Waals surface area contributed by atoms with E-state index in [4.69, 9.17) is 4.74 Å². The van der Waals surface area contributed by atoms with Crippen LogP contribution in [0.5, 0.6) is 0 Å². The molecule has 2 aromatic rings. The first-order valence-electron chi connectivity index (χ1n) is 9.64. The van der Waals surface area contributed by atoms with E-state index in [9.17, 15) is 13.2 Å². The number of hydrogen-bond donors (Lipinski definition) is 1. The molecule has 2 heterocycles. The van der Waals surface area contributed by atoms with Gasteiger partial charge in [0.25, 0.3) is 0 Å². The Morgan fingerprint density at radius 1 is 1.10 bits per heavy atom. The van der Waals surface area contributed by atoms with Crippen molar-refractivity contribution in [3.63, 3.8) is 0 Å². The number of halogens is 3. The zero-order valence-corrected chi connectivity index (χ0v) is 16.5. The van der Waals surface area contributed by atoms with Crippen LogP contribution in [-0.4, -0.2) is 54.3 Å². The van der Waals surface area contributed by atoms with Crippen molar-refractivity contribution in [3.8, 4) is 0 Å². The largest absolute Gasteiger partial charge is 0.416 e. The fraction of sp³-hybridized carbons (Fsp3) is 0.526. The molecule has 0 radical (unpaired) electrons. The first-order valence-corrected chi connectivity index (χ1v) is 9.64. The highest BCUT2D eigenvalue weighted by atomic mass is 19.4. The van der Waals surface area contributed by atoms with Crippen molar-refractivity contribution >= 4 is 17.8 Å². The van der Waals surface area contributed by atoms with Crippen molar-refractivity contribution in [2.24, 2.45) is 0 Å². The number of ether oxygens (including phenoxy) is 1. The van der Waals surface area contributed by atoms with Crippen LogP contribution in [0.2, 0.25) is 0 Å². The van der Waals surface area contributed by atoms with E-state index < -0.39 is 11.7 Å². The summed E-state index contributed by atoms with van der Waals surface area (Å²) in [6.45, 7) is 8.21. The first-order chi connectivity index (χ1) is 13.9. The lowest BCUT2D eigenvalue weighted by Crippen LogP contribution is -2.38. The summed E-state index contributed by atoms with van der Waals surface area (Å²) in [7, 11) is 0. The number of benzene rings is 1. The lowest BCUT2D eigenvalue weighted by molar-refractivity contribution is -0.137. The van der Waals surface area contributed by atoms with Gasteiger partial charge in [-0.1, -0.05) is 12.1 Å². The second kappa shape index (κ2) is 9.25. The molecule has 1 N–H and O–H groups in total. The van der Waals surface area contributed by atoms with Gasteiger partial charge in [-0.25, -0.2) is 0 Å². The van der Waals surface area contributed by atoms with E-state index in [0.717, 1.165) is 25.2 Å². The Labute approximate surface area is 167 Å². The zero-order chi connectivity index (χ0) is 20.9. The van der Waals surface area contributed by atoms with Crippen molar-refractivity contribution in [2.75, 3.05) is 54.5 Å². The van der Waals surface area contributed by atoms with Crippen LogP contribution in [0.15, 0.2) is 24.3 Å². The summed E-state index contributed by atoms with van der Waals surface area (Å²) in [5.41, 5.74) is -0.178. The van der Waals surface area contributed by atoms with Crippen molar-refractivity contribution in [3.05, 3.63) is 35.4 Å². The van der Waals surface area contributed by atoms with Gasteiger partial charge in [0.15, 0.2) is 0 Å². The summed E-state index contributed by atoms with van der Waals surface area (Å²) in [6, 6.07) is 5.22. The van der Waals surface area contributed by atoms with Gasteiger partial charge in [-0.15, -0.1) is 0 Å². The molecule has 3 rings (SSSR count). The lowest BCUT2D eigenvalue weighted by atomic mass is 10.1. The molecule has 1 aromatic heterocycles. The van der Waals surface area contributed by atoms with Crippen LogP contribution in [0.3, 0.4) is 0 Å². The number of nitrogens with one attached hydrogen (secondary N) is 1. The van der Waals surface area contributed by atoms with E-state index in [0.29, 0.717) is 49.7 Å². The molecule has 1 aliphatic heterocycles. The molecule has 0 atom stereocenters. The summed E-state index contributed by atoms with van der Waals surface area (Å²) >= 11 is 0. The van der Waals surface area contributed by atoms with Crippen LogP contribution in [0.1, 0.15) is 25.0 Å². The second-order valence-electron chi connectivity index (χ2n) is 6.58. The number of nitrogens with zero attached hydrogens (tertiary/aromatic N) is 5. The number of hydrogen-bond acceptors (Lipinski definition) is 7. The van der Waals surface area contributed by atoms with Crippen molar-refractivity contribution < 1.29 is 17.9 Å². The number of rotatable bonds is 7. The number of anilines is 3. The van der Waals surface area contributed by atoms with E-state index in [-0.39, 0.29) is 6.54 Å². The van der Waals surface area contributed by atoms with E-state index in [1.165, 1.54) is 6.07 Å². The van der Waals surface area contributed by atoms with Gasteiger partial charge in [0.2, 0.25) is 17.8 Å². The highest BCUT2D eigenvalue weighted by Crippen LogP contribution is 2.29. The molecule has 1 aliphatic rings. The summed E-state index contributed by atoms with van der Waals surface area (Å²) in [6.07, 6.45) is -4.37. The monoisotopic (exact) mass is 410 g/mol. The molecule has 1 saturated heterocycles. The molecule has 10 heteroatoms. The summed E-state index contributed by atoms with van der Waals surface area (Å²) in [4.78, 5) is 17.6. The fourth-order valence-electron chi connectivity index (χ4n) is 3.02. The molecule has 0 aliphatic carbocycles. The van der Waals surface area contributed by atoms with Gasteiger partial charge in [0, 0.05) is 32.7 Å². The molecule has 1 aromatic carbocycles. The third kappa shape index (κ3) is 5.47. The molecule has 0 unspecified atom stereocenters. The van der Waals surface area contributed by atoms with Gasteiger partial charge in [-0.05, 0) is 31.5 Å². The Morgan fingerprint density at radius 3 is 2.48 bits per heavy atom. The molecule has 0 saturated carbocycles. The molecule has 0 amide bonds. The van der Waals surface area contributed by atoms with Crippen LogP contribution < -0.4 is 15.1 Å². The van der Waals surface area contributed by atoms with Crippen molar-refractivity contribution in [2.45, 2.75) is 26.6 Å². The smallest absolute Gasteiger partial charge is 0.378 e. The maximum absolute atomic E-state index is 12.9. The second-order valence-corrected chi connectivity index (χ2v) is 6.58. The number of morpholine rings is 1. The number of alkyl halides is 3. The maximum atomic E-state index is 12.9. The molecule has 0 spiro atoms. The predicted octanol–water partition coefficient (Wildman–Crippen LogP) is 3.19. The molecular weight excluding hydrogens is 385 g/mol. The highest BCUT2D eigenvalue weighted by molar-refractivity contribution is 5.46. The normalized spacial score (nSPS) is 14.7. The van der Waals surface area contributed by atoms with Crippen LogP contribution in [0.25, 0.3) is 0 Å². The van der Waals surface area contributed by atoms with Crippen molar-refractivity contribution in [1.29, 1.82) is 0 Å². The van der Waals surface area contributed by atoms with Gasteiger partial charge in [-0.2, -0.15) is 28.1 Å². The third-order valence-electron chi connectivity index (χ3n) is 4.66. The average molecular weight is 410 g/mol. The Kier molecular flexibility index (Phi) is 6.73. The minimum absolute atomic E-state index is 0.175. The van der Waals surface area contributed by atoms with Crippen LogP contribution in [0.4, 0.5) is 31.0 Å². The van der Waals surface area contributed by atoms with Crippen LogP contribution >= 0.6 is 0 Å². The molecule has 1 fully saturated rings. The van der Waals surface area contributed by atoms with Gasteiger partial charge >= 0.3 is 6.18 Å². The van der Waals surface area contributed by atoms with E-state index >= 15 is 0 Å². The first kappa shape index (κ1) is 21.1. The Morgan fingerprint density at radius 2 is 1.83 bits per heavy atom. The van der Waals surface area contributed by atoms with Gasteiger partial charge in [0.1, 0.15) is 0 Å². The molecule has 29 heavy (non-hydrogen) atoms. The minimum Gasteiger partial charge on any atom is -0.378 e. The molecular formula is C19H25F3N6O. The highest BCUT2D eigenvalue weighted by Gasteiger charge is 2.30. The molecule has 0 bridgehead atoms. The lowest BCUT2D eigenvalue weighted by Gasteiger charge is -2.28. The average Bonchev–Trinajstić information content (AvgIpc) is 2.73. The zero-order valence-electron chi connectivity index (χ0n) is 16.5. The predicted molar refractivity (Wildman–Crippen MR) is 105 cm³/mol. The summed E-state index contributed by atoms with van der Waals surface area (Å²) in [5, 5.41) is 3.05. The van der Waals surface area contributed by atoms with Gasteiger partial charge < -0.3 is 19.9 Å². The van der Waals surface area contributed by atoms with Crippen LogP contribution in [-0.2, 0) is 17.5 Å². The molecule has 158 valence electrons.